The Hall–Kier alpha value is -1.64. The van der Waals surface area contributed by atoms with Crippen LogP contribution in [0.5, 0.6) is 0 Å². The van der Waals surface area contributed by atoms with E-state index in [0.717, 1.165) is 0 Å². The van der Waals surface area contributed by atoms with E-state index >= 15 is 0 Å². The van der Waals surface area contributed by atoms with Gasteiger partial charge in [0.2, 0.25) is 10.0 Å². The van der Waals surface area contributed by atoms with E-state index < -0.39 is 29.0 Å². The number of rotatable bonds is 7. The average Bonchev–Trinajstić information content (AvgIpc) is 2.55. The molecule has 0 aliphatic carbocycles. The van der Waals surface area contributed by atoms with E-state index in [1.807, 2.05) is 6.92 Å². The summed E-state index contributed by atoms with van der Waals surface area (Å²) in [6.07, 6.45) is 0.176. The van der Waals surface area contributed by atoms with Crippen molar-refractivity contribution >= 4 is 39.8 Å². The molecule has 2 atom stereocenters. The Labute approximate surface area is 159 Å². The van der Waals surface area contributed by atoms with E-state index in [1.54, 1.807) is 19.1 Å². The lowest BCUT2D eigenvalue weighted by molar-refractivity contribution is 0.174. The summed E-state index contributed by atoms with van der Waals surface area (Å²) in [5.74, 6) is 0. The highest BCUT2D eigenvalue weighted by atomic mass is 32.2. The molecule has 0 saturated heterocycles. The molecule has 8 nitrogen and oxygen atoms in total. The minimum absolute atomic E-state index is 0.0520. The van der Waals surface area contributed by atoms with Crippen LogP contribution in [0.15, 0.2) is 35.2 Å². The van der Waals surface area contributed by atoms with Crippen molar-refractivity contribution in [3.05, 3.63) is 30.3 Å². The molecule has 0 saturated carbocycles. The molecular formula is C17H26N3O5PS. The second kappa shape index (κ2) is 7.41. The van der Waals surface area contributed by atoms with Gasteiger partial charge < -0.3 is 20.5 Å². The van der Waals surface area contributed by atoms with Crippen LogP contribution in [0.1, 0.15) is 34.1 Å². The fraction of sp³-hybridized carbons (Fsp3) is 0.412. The highest BCUT2D eigenvalue weighted by Crippen LogP contribution is 2.56. The van der Waals surface area contributed by atoms with Gasteiger partial charge in [0.15, 0.2) is 0 Å². The van der Waals surface area contributed by atoms with Gasteiger partial charge in [0.05, 0.1) is 22.4 Å². The lowest BCUT2D eigenvalue weighted by Crippen LogP contribution is -2.33. The van der Waals surface area contributed by atoms with Crippen molar-refractivity contribution in [2.24, 2.45) is 5.14 Å². The van der Waals surface area contributed by atoms with Gasteiger partial charge in [-0.25, -0.2) is 13.6 Å². The lowest BCUT2D eigenvalue weighted by Gasteiger charge is -2.33. The number of anilines is 2. The first-order valence-corrected chi connectivity index (χ1v) is 11.6. The fourth-order valence-electron chi connectivity index (χ4n) is 2.56. The van der Waals surface area contributed by atoms with E-state index in [-0.39, 0.29) is 4.90 Å². The van der Waals surface area contributed by atoms with Crippen molar-refractivity contribution in [3.8, 4) is 0 Å². The predicted octanol–water partition coefficient (Wildman–Crippen LogP) is 3.22. The molecule has 150 valence electrons. The monoisotopic (exact) mass is 415 g/mol. The zero-order chi connectivity index (χ0) is 20.6. The maximum atomic E-state index is 12.8. The van der Waals surface area contributed by atoms with Gasteiger partial charge >= 0.3 is 7.60 Å². The van der Waals surface area contributed by atoms with E-state index in [4.69, 9.17) is 15.4 Å². The number of nitrogens with two attached hydrogens (primary N) is 2. The number of fused-ring (bicyclic) bond motifs is 1. The molecule has 10 heteroatoms. The van der Waals surface area contributed by atoms with Crippen molar-refractivity contribution in [2.45, 2.75) is 50.4 Å². The van der Waals surface area contributed by atoms with Gasteiger partial charge in [0, 0.05) is 10.8 Å². The normalized spacial score (nSPS) is 16.1. The third-order valence-corrected chi connectivity index (χ3v) is 7.53. The maximum absolute atomic E-state index is 12.8. The molecule has 2 aromatic carbocycles. The molecule has 2 unspecified atom stereocenters. The van der Waals surface area contributed by atoms with Crippen LogP contribution >= 0.6 is 7.60 Å². The molecule has 0 fully saturated rings. The van der Waals surface area contributed by atoms with Crippen LogP contribution in [0.25, 0.3) is 10.8 Å². The topological polar surface area (TPSA) is 145 Å². The number of nitrogens with one attached hydrogen (secondary N) is 1. The highest BCUT2D eigenvalue weighted by molar-refractivity contribution is 7.89. The zero-order valence-corrected chi connectivity index (χ0v) is 17.5. The Morgan fingerprint density at radius 3 is 2.44 bits per heavy atom. The van der Waals surface area contributed by atoms with Gasteiger partial charge in [-0.2, -0.15) is 0 Å². The second-order valence-corrected chi connectivity index (χ2v) is 10.9. The van der Waals surface area contributed by atoms with Gasteiger partial charge in [-0.05, 0) is 39.3 Å². The molecule has 6 N–H and O–H groups in total. The molecule has 0 aliphatic rings. The van der Waals surface area contributed by atoms with Crippen molar-refractivity contribution in [2.75, 3.05) is 11.1 Å². The smallest absolute Gasteiger partial charge is 0.352 e. The van der Waals surface area contributed by atoms with E-state index in [9.17, 15) is 17.9 Å². The molecule has 2 rings (SSSR count). The molecular weight excluding hydrogens is 389 g/mol. The van der Waals surface area contributed by atoms with Gasteiger partial charge in [0.25, 0.3) is 0 Å². The minimum atomic E-state index is -4.09. The van der Waals surface area contributed by atoms with E-state index in [0.29, 0.717) is 28.6 Å². The van der Waals surface area contributed by atoms with Crippen LogP contribution < -0.4 is 16.2 Å². The van der Waals surface area contributed by atoms with Crippen LogP contribution in [0, 0.1) is 0 Å². The average molecular weight is 415 g/mol. The molecule has 27 heavy (non-hydrogen) atoms. The summed E-state index contributed by atoms with van der Waals surface area (Å²) in [4.78, 5) is 10.4. The number of primary sulfonamides is 1. The Morgan fingerprint density at radius 1 is 1.26 bits per heavy atom. The summed E-state index contributed by atoms with van der Waals surface area (Å²) in [6.45, 7) is 6.61. The summed E-state index contributed by atoms with van der Waals surface area (Å²) >= 11 is 0. The largest absolute Gasteiger partial charge is 0.397 e. The van der Waals surface area contributed by atoms with Crippen LogP contribution in [0.4, 0.5) is 11.4 Å². The summed E-state index contributed by atoms with van der Waals surface area (Å²) in [6, 6.07) is 7.67. The van der Waals surface area contributed by atoms with Crippen molar-refractivity contribution < 1.29 is 22.4 Å². The number of benzene rings is 2. The van der Waals surface area contributed by atoms with Crippen LogP contribution in [-0.4, -0.2) is 24.7 Å². The molecule has 0 amide bonds. The highest BCUT2D eigenvalue weighted by Gasteiger charge is 2.42. The molecule has 0 radical (unpaired) electrons. The maximum Gasteiger partial charge on any atom is 0.352 e. The number of hydrogen-bond acceptors (Lipinski definition) is 6. The summed E-state index contributed by atoms with van der Waals surface area (Å²) in [5.41, 5.74) is 6.70. The van der Waals surface area contributed by atoms with Gasteiger partial charge in [0.1, 0.15) is 5.28 Å². The zero-order valence-electron chi connectivity index (χ0n) is 15.8. The quantitative estimate of drug-likeness (QED) is 0.401. The predicted molar refractivity (Wildman–Crippen MR) is 108 cm³/mol. The first kappa shape index (κ1) is 21.7. The number of sulfonamides is 1. The molecule has 0 heterocycles. The summed E-state index contributed by atoms with van der Waals surface area (Å²) < 4.78 is 41.9. The Bertz CT molecular complexity index is 1010. The third-order valence-electron chi connectivity index (χ3n) is 4.40. The molecule has 0 spiro atoms. The minimum Gasteiger partial charge on any atom is -0.397 e. The number of hydrogen-bond donors (Lipinski definition) is 4. The lowest BCUT2D eigenvalue weighted by atomic mass is 10.1. The summed E-state index contributed by atoms with van der Waals surface area (Å²) in [7, 11) is -8.03. The Morgan fingerprint density at radius 2 is 1.89 bits per heavy atom. The SMILES string of the molecule is CCC(C)OP(=O)(O)C(C)(C)Nc1c(N)ccc2c(S(N)(=O)=O)cccc12. The van der Waals surface area contributed by atoms with Crippen molar-refractivity contribution in [3.63, 3.8) is 0 Å². The second-order valence-electron chi connectivity index (χ2n) is 6.95. The fourth-order valence-corrected chi connectivity index (χ4v) is 4.47. The van der Waals surface area contributed by atoms with Gasteiger partial charge in [-0.1, -0.05) is 25.1 Å². The van der Waals surface area contributed by atoms with Gasteiger partial charge in [-0.3, -0.25) is 4.57 Å². The Balaban J connectivity index is 2.59. The van der Waals surface area contributed by atoms with E-state index in [1.165, 1.54) is 32.0 Å². The van der Waals surface area contributed by atoms with Crippen molar-refractivity contribution in [1.29, 1.82) is 0 Å². The molecule has 2 aromatic rings. The third kappa shape index (κ3) is 4.44. The molecule has 0 bridgehead atoms. The summed E-state index contributed by atoms with van der Waals surface area (Å²) in [5, 5.41) is 7.73. The van der Waals surface area contributed by atoms with Gasteiger partial charge in [-0.15, -0.1) is 0 Å². The van der Waals surface area contributed by atoms with Crippen LogP contribution in [-0.2, 0) is 19.1 Å². The first-order valence-electron chi connectivity index (χ1n) is 8.43. The Kier molecular flexibility index (Phi) is 5.94. The first-order chi connectivity index (χ1) is 12.3. The number of nitrogen functional groups attached to an aromatic ring is 1. The van der Waals surface area contributed by atoms with Crippen LogP contribution in [0.2, 0.25) is 0 Å². The van der Waals surface area contributed by atoms with Crippen molar-refractivity contribution in [1.82, 2.24) is 0 Å². The molecule has 0 aliphatic heterocycles. The standard InChI is InChI=1S/C17H26N3O5PS/c1-5-11(2)25-26(21,22)17(3,4)20-16-13-7-6-8-15(27(19,23)24)12(13)9-10-14(16)18/h6-11,20H,5,18H2,1-4H3,(H,21,22)(H2,19,23,24). The van der Waals surface area contributed by atoms with E-state index in [2.05, 4.69) is 5.32 Å². The molecule has 0 aromatic heterocycles. The van der Waals surface area contributed by atoms with Crippen LogP contribution in [0.3, 0.4) is 0 Å².